The van der Waals surface area contributed by atoms with Gasteiger partial charge in [0.15, 0.2) is 5.65 Å². The summed E-state index contributed by atoms with van der Waals surface area (Å²) in [4.78, 5) is 24.1. The molecule has 0 saturated heterocycles. The molecule has 2 heterocycles. The van der Waals surface area contributed by atoms with Gasteiger partial charge in [-0.1, -0.05) is 53.5 Å². The molecule has 0 aliphatic rings. The lowest BCUT2D eigenvalue weighted by atomic mass is 10.0. The number of halogens is 2. The van der Waals surface area contributed by atoms with Crippen molar-refractivity contribution >= 4 is 45.9 Å². The Labute approximate surface area is 158 Å². The van der Waals surface area contributed by atoms with Crippen molar-refractivity contribution in [3.63, 3.8) is 0 Å². The van der Waals surface area contributed by atoms with Crippen LogP contribution in [0.1, 0.15) is 0 Å². The molecule has 2 aromatic carbocycles. The van der Waals surface area contributed by atoms with Crippen molar-refractivity contribution in [3.05, 3.63) is 81.2 Å². The van der Waals surface area contributed by atoms with E-state index in [0.717, 1.165) is 5.56 Å². The van der Waals surface area contributed by atoms with Crippen molar-refractivity contribution in [2.45, 2.75) is 0 Å². The first kappa shape index (κ1) is 16.6. The van der Waals surface area contributed by atoms with Gasteiger partial charge in [0.2, 0.25) is 5.95 Å². The Morgan fingerprint density at radius 2 is 1.62 bits per heavy atom. The SMILES string of the molecule is O=c1[nH]c(Nc2ccccc2Cl)nc2nccc(-c3ccccc3Cl)c12. The Kier molecular flexibility index (Phi) is 4.32. The Hall–Kier alpha value is -2.89. The third-order valence-electron chi connectivity index (χ3n) is 3.90. The highest BCUT2D eigenvalue weighted by atomic mass is 35.5. The van der Waals surface area contributed by atoms with E-state index in [-0.39, 0.29) is 11.5 Å². The van der Waals surface area contributed by atoms with Crippen molar-refractivity contribution in [2.24, 2.45) is 0 Å². The molecular weight excluding hydrogens is 371 g/mol. The number of nitrogens with one attached hydrogen (secondary N) is 2. The van der Waals surface area contributed by atoms with Crippen LogP contribution in [0.5, 0.6) is 0 Å². The van der Waals surface area contributed by atoms with E-state index in [4.69, 9.17) is 23.2 Å². The van der Waals surface area contributed by atoms with Gasteiger partial charge in [-0.3, -0.25) is 9.78 Å². The van der Waals surface area contributed by atoms with Crippen LogP contribution in [-0.2, 0) is 0 Å². The largest absolute Gasteiger partial charge is 0.324 e. The summed E-state index contributed by atoms with van der Waals surface area (Å²) < 4.78 is 0. The number of nitrogens with zero attached hydrogens (tertiary/aromatic N) is 2. The highest BCUT2D eigenvalue weighted by Crippen LogP contribution is 2.31. The zero-order valence-corrected chi connectivity index (χ0v) is 14.8. The second-order valence-corrected chi connectivity index (χ2v) is 6.37. The van der Waals surface area contributed by atoms with Crippen LogP contribution in [0.3, 0.4) is 0 Å². The van der Waals surface area contributed by atoms with E-state index in [1.807, 2.05) is 30.3 Å². The summed E-state index contributed by atoms with van der Waals surface area (Å²) in [6.07, 6.45) is 1.60. The second-order valence-electron chi connectivity index (χ2n) is 5.56. The van der Waals surface area contributed by atoms with Crippen LogP contribution >= 0.6 is 23.2 Å². The fourth-order valence-electron chi connectivity index (χ4n) is 2.72. The molecule has 0 unspecified atom stereocenters. The molecule has 0 fully saturated rings. The summed E-state index contributed by atoms with van der Waals surface area (Å²) in [7, 11) is 0. The molecule has 0 aliphatic heterocycles. The molecule has 0 spiro atoms. The van der Waals surface area contributed by atoms with Crippen molar-refractivity contribution in [1.82, 2.24) is 15.0 Å². The first-order valence-electron chi connectivity index (χ1n) is 7.79. The molecular formula is C19H12Cl2N4O. The maximum absolute atomic E-state index is 12.7. The van der Waals surface area contributed by atoms with E-state index in [1.54, 1.807) is 30.5 Å². The summed E-state index contributed by atoms with van der Waals surface area (Å²) >= 11 is 12.4. The van der Waals surface area contributed by atoms with E-state index in [2.05, 4.69) is 20.3 Å². The molecule has 7 heteroatoms. The maximum atomic E-state index is 12.7. The van der Waals surface area contributed by atoms with Crippen LogP contribution in [0.4, 0.5) is 11.6 Å². The summed E-state index contributed by atoms with van der Waals surface area (Å²) in [5, 5.41) is 4.47. The molecule has 4 aromatic rings. The predicted octanol–water partition coefficient (Wildman–Crippen LogP) is 5.04. The van der Waals surface area contributed by atoms with Gasteiger partial charge in [0.25, 0.3) is 5.56 Å². The van der Waals surface area contributed by atoms with E-state index < -0.39 is 0 Å². The smallest absolute Gasteiger partial charge is 0.262 e. The third-order valence-corrected chi connectivity index (χ3v) is 4.56. The van der Waals surface area contributed by atoms with Crippen LogP contribution in [0.2, 0.25) is 10.0 Å². The number of aromatic amines is 1. The molecule has 0 aliphatic carbocycles. The van der Waals surface area contributed by atoms with Crippen LogP contribution in [0, 0.1) is 0 Å². The second kappa shape index (κ2) is 6.78. The zero-order valence-electron chi connectivity index (χ0n) is 13.3. The van der Waals surface area contributed by atoms with Gasteiger partial charge in [0.05, 0.1) is 16.1 Å². The zero-order chi connectivity index (χ0) is 18.1. The van der Waals surface area contributed by atoms with E-state index in [1.165, 1.54) is 0 Å². The summed E-state index contributed by atoms with van der Waals surface area (Å²) in [6.45, 7) is 0. The number of pyridine rings is 1. The monoisotopic (exact) mass is 382 g/mol. The van der Waals surface area contributed by atoms with Gasteiger partial charge in [0, 0.05) is 22.3 Å². The minimum atomic E-state index is -0.312. The highest BCUT2D eigenvalue weighted by molar-refractivity contribution is 6.34. The number of para-hydroxylation sites is 1. The first-order valence-corrected chi connectivity index (χ1v) is 8.54. The lowest BCUT2D eigenvalue weighted by Crippen LogP contribution is -2.13. The van der Waals surface area contributed by atoms with Crippen molar-refractivity contribution in [2.75, 3.05) is 5.32 Å². The van der Waals surface area contributed by atoms with E-state index in [0.29, 0.717) is 32.3 Å². The number of hydrogen-bond acceptors (Lipinski definition) is 4. The van der Waals surface area contributed by atoms with Crippen molar-refractivity contribution in [3.8, 4) is 11.1 Å². The topological polar surface area (TPSA) is 70.7 Å². The molecule has 5 nitrogen and oxygen atoms in total. The predicted molar refractivity (Wildman–Crippen MR) is 105 cm³/mol. The average molecular weight is 383 g/mol. The number of anilines is 2. The van der Waals surface area contributed by atoms with E-state index >= 15 is 0 Å². The van der Waals surface area contributed by atoms with Gasteiger partial charge < -0.3 is 5.32 Å². The molecule has 26 heavy (non-hydrogen) atoms. The first-order chi connectivity index (χ1) is 12.6. The van der Waals surface area contributed by atoms with Crippen LogP contribution in [0.25, 0.3) is 22.2 Å². The molecule has 0 atom stereocenters. The van der Waals surface area contributed by atoms with Gasteiger partial charge >= 0.3 is 0 Å². The van der Waals surface area contributed by atoms with Gasteiger partial charge in [-0.15, -0.1) is 0 Å². The molecule has 0 bridgehead atoms. The standard InChI is InChI=1S/C19H12Cl2N4O/c20-13-6-2-1-5-11(13)12-9-10-22-17-16(12)18(26)25-19(24-17)23-15-8-4-3-7-14(15)21/h1-10H,(H2,22,23,24,25,26). The van der Waals surface area contributed by atoms with Gasteiger partial charge in [-0.05, 0) is 24.3 Å². The third kappa shape index (κ3) is 3.03. The summed E-state index contributed by atoms with van der Waals surface area (Å²) in [5.74, 6) is 0.263. The number of fused-ring (bicyclic) bond motifs is 1. The molecule has 2 N–H and O–H groups in total. The minimum Gasteiger partial charge on any atom is -0.324 e. The normalized spacial score (nSPS) is 10.8. The summed E-state index contributed by atoms with van der Waals surface area (Å²) in [6, 6.07) is 16.3. The Morgan fingerprint density at radius 3 is 2.38 bits per heavy atom. The Balaban J connectivity index is 1.86. The van der Waals surface area contributed by atoms with Gasteiger partial charge in [0.1, 0.15) is 0 Å². The van der Waals surface area contributed by atoms with Crippen molar-refractivity contribution < 1.29 is 0 Å². The average Bonchev–Trinajstić information content (AvgIpc) is 2.63. The quantitative estimate of drug-likeness (QED) is 0.520. The van der Waals surface area contributed by atoms with E-state index in [9.17, 15) is 4.79 Å². The molecule has 2 aromatic heterocycles. The Morgan fingerprint density at radius 1 is 0.885 bits per heavy atom. The number of rotatable bonds is 3. The highest BCUT2D eigenvalue weighted by Gasteiger charge is 2.13. The van der Waals surface area contributed by atoms with Gasteiger partial charge in [-0.25, -0.2) is 4.98 Å². The van der Waals surface area contributed by atoms with Crippen molar-refractivity contribution in [1.29, 1.82) is 0 Å². The lowest BCUT2D eigenvalue weighted by Gasteiger charge is -2.10. The molecule has 4 rings (SSSR count). The Bertz CT molecular complexity index is 1170. The fraction of sp³-hybridized carbons (Fsp3) is 0. The number of benzene rings is 2. The van der Waals surface area contributed by atoms with Gasteiger partial charge in [-0.2, -0.15) is 4.98 Å². The molecule has 0 radical (unpaired) electrons. The molecule has 0 amide bonds. The lowest BCUT2D eigenvalue weighted by molar-refractivity contribution is 1.14. The minimum absolute atomic E-state index is 0.263. The number of aromatic nitrogens is 3. The van der Waals surface area contributed by atoms with Crippen LogP contribution < -0.4 is 10.9 Å². The molecule has 128 valence electrons. The summed E-state index contributed by atoms with van der Waals surface area (Å²) in [5.41, 5.74) is 2.08. The molecule has 0 saturated carbocycles. The maximum Gasteiger partial charge on any atom is 0.262 e. The van der Waals surface area contributed by atoms with Crippen LogP contribution in [-0.4, -0.2) is 15.0 Å². The number of H-pyrrole nitrogens is 1. The number of hydrogen-bond donors (Lipinski definition) is 2. The van der Waals surface area contributed by atoms with Crippen LogP contribution in [0.15, 0.2) is 65.6 Å². The fourth-order valence-corrected chi connectivity index (χ4v) is 3.14.